The van der Waals surface area contributed by atoms with E-state index in [2.05, 4.69) is 26.1 Å². The van der Waals surface area contributed by atoms with Crippen LogP contribution in [0.2, 0.25) is 0 Å². The highest BCUT2D eigenvalue weighted by Crippen LogP contribution is 2.47. The fourth-order valence-corrected chi connectivity index (χ4v) is 4.18. The number of hydrogen-bond donors (Lipinski definition) is 2. The molecule has 0 unspecified atom stereocenters. The van der Waals surface area contributed by atoms with Crippen molar-refractivity contribution in [2.45, 2.75) is 25.1 Å². The number of phenols is 1. The highest BCUT2D eigenvalue weighted by atomic mass is 79.9. The van der Waals surface area contributed by atoms with Crippen LogP contribution in [0.25, 0.3) is 0 Å². The number of hydrogen-bond acceptors (Lipinski definition) is 4. The van der Waals surface area contributed by atoms with Crippen LogP contribution in [0, 0.1) is 5.92 Å². The quantitative estimate of drug-likeness (QED) is 0.652. The molecule has 27 heavy (non-hydrogen) atoms. The third kappa shape index (κ3) is 5.64. The fourth-order valence-electron chi connectivity index (χ4n) is 3.84. The first-order valence-corrected chi connectivity index (χ1v) is 9.30. The molecule has 0 amide bonds. The molecule has 2 heterocycles. The standard InChI is InChI=1S/C17H22BrF3N2O2.2ClH/c18-13-2-1-12(17(19,20)21)14(16(13)24)15(11-3-9-25-10-4-11)23-7-5-22-6-8-23;;/h1-2,11,15,22,24H,3-10H2;2*1H/t15-;;/m1../s1. The molecule has 1 atom stereocenters. The van der Waals surface area contributed by atoms with E-state index < -0.39 is 17.8 Å². The summed E-state index contributed by atoms with van der Waals surface area (Å²) in [6.45, 7) is 3.87. The van der Waals surface area contributed by atoms with Crippen LogP contribution in [0.15, 0.2) is 16.6 Å². The van der Waals surface area contributed by atoms with Gasteiger partial charge in [-0.05, 0) is 46.8 Å². The summed E-state index contributed by atoms with van der Waals surface area (Å²) in [5, 5.41) is 13.8. The molecule has 0 radical (unpaired) electrons. The minimum absolute atomic E-state index is 0. The Morgan fingerprint density at radius 1 is 1.15 bits per heavy atom. The van der Waals surface area contributed by atoms with Crippen LogP contribution in [0.5, 0.6) is 5.75 Å². The van der Waals surface area contributed by atoms with E-state index in [1.165, 1.54) is 6.07 Å². The number of nitrogens with zero attached hydrogens (tertiary/aromatic N) is 1. The van der Waals surface area contributed by atoms with Gasteiger partial charge in [-0.25, -0.2) is 0 Å². The zero-order valence-electron chi connectivity index (χ0n) is 14.6. The third-order valence-electron chi connectivity index (χ3n) is 5.03. The number of halogens is 6. The zero-order valence-corrected chi connectivity index (χ0v) is 17.8. The molecule has 10 heteroatoms. The van der Waals surface area contributed by atoms with Crippen LogP contribution in [0.1, 0.15) is 30.0 Å². The molecule has 0 spiro atoms. The van der Waals surface area contributed by atoms with Gasteiger partial charge in [0, 0.05) is 51.0 Å². The van der Waals surface area contributed by atoms with Gasteiger partial charge in [0.1, 0.15) is 5.75 Å². The fraction of sp³-hybridized carbons (Fsp3) is 0.647. The number of piperazine rings is 1. The summed E-state index contributed by atoms with van der Waals surface area (Å²) in [5.41, 5.74) is -0.751. The van der Waals surface area contributed by atoms with Crippen molar-refractivity contribution in [2.75, 3.05) is 39.4 Å². The van der Waals surface area contributed by atoms with Gasteiger partial charge in [-0.15, -0.1) is 24.8 Å². The number of alkyl halides is 3. The molecule has 2 saturated heterocycles. The Morgan fingerprint density at radius 3 is 2.30 bits per heavy atom. The minimum atomic E-state index is -4.51. The molecule has 1 aromatic carbocycles. The average molecular weight is 496 g/mol. The van der Waals surface area contributed by atoms with E-state index in [4.69, 9.17) is 4.74 Å². The Kier molecular flexibility index (Phi) is 9.64. The van der Waals surface area contributed by atoms with Crippen molar-refractivity contribution in [3.63, 3.8) is 0 Å². The summed E-state index contributed by atoms with van der Waals surface area (Å²) < 4.78 is 46.7. The average Bonchev–Trinajstić information content (AvgIpc) is 2.60. The molecule has 3 rings (SSSR count). The Hall–Kier alpha value is -0.250. The van der Waals surface area contributed by atoms with E-state index in [0.29, 0.717) is 43.6 Å². The summed E-state index contributed by atoms with van der Waals surface area (Å²) in [7, 11) is 0. The maximum Gasteiger partial charge on any atom is 0.416 e. The SMILES string of the molecule is Cl.Cl.Oc1c(Br)ccc(C(F)(F)F)c1[C@@H](C1CCOCC1)N1CCNCC1. The maximum atomic E-state index is 13.7. The van der Waals surface area contributed by atoms with Crippen LogP contribution >= 0.6 is 40.7 Å². The Morgan fingerprint density at radius 2 is 1.74 bits per heavy atom. The van der Waals surface area contributed by atoms with Gasteiger partial charge < -0.3 is 15.2 Å². The van der Waals surface area contributed by atoms with Gasteiger partial charge in [0.15, 0.2) is 0 Å². The van der Waals surface area contributed by atoms with Gasteiger partial charge in [-0.1, -0.05) is 0 Å². The zero-order chi connectivity index (χ0) is 18.0. The molecule has 2 aliphatic rings. The molecular weight excluding hydrogens is 472 g/mol. The van der Waals surface area contributed by atoms with Gasteiger partial charge in [-0.2, -0.15) is 13.2 Å². The molecule has 0 bridgehead atoms. The topological polar surface area (TPSA) is 44.7 Å². The van der Waals surface area contributed by atoms with Gasteiger partial charge in [-0.3, -0.25) is 4.90 Å². The molecule has 4 nitrogen and oxygen atoms in total. The molecule has 2 aliphatic heterocycles. The second-order valence-electron chi connectivity index (χ2n) is 6.54. The van der Waals surface area contributed by atoms with Crippen LogP contribution < -0.4 is 5.32 Å². The molecule has 0 saturated carbocycles. The van der Waals surface area contributed by atoms with Crippen molar-refractivity contribution in [3.8, 4) is 5.75 Å². The molecule has 2 fully saturated rings. The van der Waals surface area contributed by atoms with Crippen LogP contribution in [-0.2, 0) is 10.9 Å². The normalized spacial score (nSPS) is 20.4. The molecule has 1 aromatic rings. The van der Waals surface area contributed by atoms with E-state index in [9.17, 15) is 18.3 Å². The number of phenolic OH excluding ortho intramolecular Hbond substituents is 1. The highest BCUT2D eigenvalue weighted by Gasteiger charge is 2.42. The first-order chi connectivity index (χ1) is 11.9. The molecule has 2 N–H and O–H groups in total. The van der Waals surface area contributed by atoms with Crippen LogP contribution in [0.3, 0.4) is 0 Å². The van der Waals surface area contributed by atoms with E-state index in [-0.39, 0.29) is 42.0 Å². The smallest absolute Gasteiger partial charge is 0.416 e. The summed E-state index contributed by atoms with van der Waals surface area (Å²) in [6.07, 6.45) is -3.12. The van der Waals surface area contributed by atoms with Crippen molar-refractivity contribution in [3.05, 3.63) is 27.7 Å². The minimum Gasteiger partial charge on any atom is -0.506 e. The van der Waals surface area contributed by atoms with E-state index in [1.807, 2.05) is 0 Å². The Labute approximate surface area is 177 Å². The van der Waals surface area contributed by atoms with Gasteiger partial charge in [0.05, 0.1) is 10.0 Å². The van der Waals surface area contributed by atoms with Crippen molar-refractivity contribution >= 4 is 40.7 Å². The van der Waals surface area contributed by atoms with Gasteiger partial charge in [0.2, 0.25) is 0 Å². The molecule has 0 aromatic heterocycles. The lowest BCUT2D eigenvalue weighted by Crippen LogP contribution is -2.48. The Bertz CT molecular complexity index is 593. The van der Waals surface area contributed by atoms with Crippen molar-refractivity contribution in [2.24, 2.45) is 5.92 Å². The first kappa shape index (κ1) is 24.8. The number of benzene rings is 1. The number of ether oxygens (including phenoxy) is 1. The van der Waals surface area contributed by atoms with Crippen LogP contribution in [-0.4, -0.2) is 49.4 Å². The summed E-state index contributed by atoms with van der Waals surface area (Å²) >= 11 is 3.19. The number of rotatable bonds is 3. The summed E-state index contributed by atoms with van der Waals surface area (Å²) in [5.74, 6) is -0.280. The first-order valence-electron chi connectivity index (χ1n) is 8.50. The largest absolute Gasteiger partial charge is 0.506 e. The lowest BCUT2D eigenvalue weighted by Gasteiger charge is -2.42. The highest BCUT2D eigenvalue weighted by molar-refractivity contribution is 9.10. The summed E-state index contributed by atoms with van der Waals surface area (Å²) in [4.78, 5) is 2.07. The van der Waals surface area contributed by atoms with E-state index >= 15 is 0 Å². The third-order valence-corrected chi connectivity index (χ3v) is 5.67. The molecule has 156 valence electrons. The monoisotopic (exact) mass is 494 g/mol. The lowest BCUT2D eigenvalue weighted by molar-refractivity contribution is -0.139. The van der Waals surface area contributed by atoms with Crippen molar-refractivity contribution in [1.82, 2.24) is 10.2 Å². The van der Waals surface area contributed by atoms with Crippen molar-refractivity contribution in [1.29, 1.82) is 0 Å². The van der Waals surface area contributed by atoms with Gasteiger partial charge >= 0.3 is 6.18 Å². The summed E-state index contributed by atoms with van der Waals surface area (Å²) in [6, 6.07) is 1.86. The lowest BCUT2D eigenvalue weighted by atomic mass is 9.83. The predicted molar refractivity (Wildman–Crippen MR) is 106 cm³/mol. The molecule has 0 aliphatic carbocycles. The van der Waals surface area contributed by atoms with E-state index in [0.717, 1.165) is 19.2 Å². The number of nitrogens with one attached hydrogen (secondary N) is 1. The Balaban J connectivity index is 0.00000182. The number of aromatic hydroxyl groups is 1. The molecular formula is C17H24BrCl2F3N2O2. The van der Waals surface area contributed by atoms with Crippen LogP contribution in [0.4, 0.5) is 13.2 Å². The van der Waals surface area contributed by atoms with Gasteiger partial charge in [0.25, 0.3) is 0 Å². The second kappa shape index (κ2) is 10.5. The maximum absolute atomic E-state index is 13.7. The predicted octanol–water partition coefficient (Wildman–Crippen LogP) is 4.39. The van der Waals surface area contributed by atoms with Crippen molar-refractivity contribution < 1.29 is 23.0 Å². The van der Waals surface area contributed by atoms with E-state index in [1.54, 1.807) is 0 Å². The second-order valence-corrected chi connectivity index (χ2v) is 7.39.